The Morgan fingerprint density at radius 2 is 2.29 bits per heavy atom. The topological polar surface area (TPSA) is 30.7 Å². The van der Waals surface area contributed by atoms with Crippen molar-refractivity contribution in [1.82, 2.24) is 14.5 Å². The van der Waals surface area contributed by atoms with Crippen molar-refractivity contribution in [2.75, 3.05) is 0 Å². The Morgan fingerprint density at radius 3 is 2.95 bits per heavy atom. The van der Waals surface area contributed by atoms with Crippen LogP contribution in [-0.2, 0) is 13.0 Å². The van der Waals surface area contributed by atoms with Crippen LogP contribution in [0, 0.1) is 5.82 Å². The van der Waals surface area contributed by atoms with E-state index in [1.807, 2.05) is 22.4 Å². The molecule has 0 saturated heterocycles. The van der Waals surface area contributed by atoms with E-state index in [0.29, 0.717) is 16.5 Å². The molecule has 3 nitrogen and oxygen atoms in total. The average Bonchev–Trinajstić information content (AvgIpc) is 3.05. The first-order valence-corrected chi connectivity index (χ1v) is 8.60. The van der Waals surface area contributed by atoms with Crippen LogP contribution in [0.4, 0.5) is 4.39 Å². The number of fused-ring (bicyclic) bond motifs is 1. The molecule has 0 radical (unpaired) electrons. The number of alkyl halides is 1. The number of imidazole rings is 1. The molecule has 0 saturated carbocycles. The summed E-state index contributed by atoms with van der Waals surface area (Å²) in [5.74, 6) is 0.430. The molecule has 2 heterocycles. The summed E-state index contributed by atoms with van der Waals surface area (Å²) in [4.78, 5) is 8.75. The normalized spacial score (nSPS) is 13.0. The molecule has 7 heteroatoms. The molecule has 2 aromatic heterocycles. The lowest BCUT2D eigenvalue weighted by atomic mass is 10.3. The molecule has 0 aliphatic carbocycles. The van der Waals surface area contributed by atoms with E-state index >= 15 is 0 Å². The van der Waals surface area contributed by atoms with Crippen LogP contribution in [0.15, 0.2) is 27.5 Å². The number of hydrogen-bond donors (Lipinski definition) is 0. The molecule has 1 atom stereocenters. The van der Waals surface area contributed by atoms with Crippen LogP contribution in [0.2, 0.25) is 0 Å². The van der Waals surface area contributed by atoms with E-state index in [2.05, 4.69) is 25.9 Å². The molecule has 1 unspecified atom stereocenters. The van der Waals surface area contributed by atoms with E-state index < -0.39 is 0 Å². The Bertz CT molecular complexity index is 770. The fraction of sp³-hybridized carbons (Fsp3) is 0.286. The molecule has 110 valence electrons. The summed E-state index contributed by atoms with van der Waals surface area (Å²) in [6, 6.07) is 3.18. The molecule has 0 spiro atoms. The van der Waals surface area contributed by atoms with E-state index in [4.69, 9.17) is 11.6 Å². The van der Waals surface area contributed by atoms with Crippen molar-refractivity contribution in [3.8, 4) is 0 Å². The van der Waals surface area contributed by atoms with Gasteiger partial charge in [-0.1, -0.05) is 0 Å². The molecule has 0 bridgehead atoms. The lowest BCUT2D eigenvalue weighted by Crippen LogP contribution is -2.07. The van der Waals surface area contributed by atoms with Gasteiger partial charge in [0.1, 0.15) is 11.6 Å². The molecule has 0 fully saturated rings. The fourth-order valence-corrected chi connectivity index (χ4v) is 3.36. The lowest BCUT2D eigenvalue weighted by Gasteiger charge is -2.10. The number of aromatic nitrogens is 3. The van der Waals surface area contributed by atoms with Gasteiger partial charge in [0.25, 0.3) is 0 Å². The number of rotatable bonds is 4. The second-order valence-electron chi connectivity index (χ2n) is 4.72. The highest BCUT2D eigenvalue weighted by atomic mass is 79.9. The van der Waals surface area contributed by atoms with E-state index in [0.717, 1.165) is 23.5 Å². The summed E-state index contributed by atoms with van der Waals surface area (Å²) >= 11 is 11.0. The quantitative estimate of drug-likeness (QED) is 0.593. The van der Waals surface area contributed by atoms with Crippen molar-refractivity contribution in [3.05, 3.63) is 44.8 Å². The number of nitrogens with zero attached hydrogens (tertiary/aromatic N) is 3. The van der Waals surface area contributed by atoms with Crippen LogP contribution in [0.3, 0.4) is 0 Å². The molecular formula is C14H12BrClFN3S. The number of benzene rings is 1. The SMILES string of the molecule is CC(Cl)c1nc2cc(F)c(Br)cc2n1CCc1cscn1. The number of thiazole rings is 1. The highest BCUT2D eigenvalue weighted by Gasteiger charge is 2.17. The predicted octanol–water partition coefficient (Wildman–Crippen LogP) is 4.94. The van der Waals surface area contributed by atoms with Gasteiger partial charge in [-0.2, -0.15) is 0 Å². The smallest absolute Gasteiger partial charge is 0.139 e. The van der Waals surface area contributed by atoms with Crippen molar-refractivity contribution >= 4 is 49.9 Å². The maximum Gasteiger partial charge on any atom is 0.139 e. The predicted molar refractivity (Wildman–Crippen MR) is 87.5 cm³/mol. The largest absolute Gasteiger partial charge is 0.326 e. The molecular weight excluding hydrogens is 377 g/mol. The van der Waals surface area contributed by atoms with Gasteiger partial charge in [0.15, 0.2) is 0 Å². The highest BCUT2D eigenvalue weighted by molar-refractivity contribution is 9.10. The van der Waals surface area contributed by atoms with E-state index in [-0.39, 0.29) is 11.2 Å². The summed E-state index contributed by atoms with van der Waals surface area (Å²) < 4.78 is 16.1. The Labute approximate surface area is 138 Å². The minimum atomic E-state index is -0.319. The van der Waals surface area contributed by atoms with Gasteiger partial charge in [0.05, 0.1) is 32.1 Å². The van der Waals surface area contributed by atoms with Gasteiger partial charge in [0.2, 0.25) is 0 Å². The first-order chi connectivity index (χ1) is 10.1. The van der Waals surface area contributed by atoms with Crippen molar-refractivity contribution in [1.29, 1.82) is 0 Å². The van der Waals surface area contributed by atoms with Gasteiger partial charge in [-0.15, -0.1) is 22.9 Å². The molecule has 0 aliphatic heterocycles. The molecule has 0 amide bonds. The first-order valence-electron chi connectivity index (χ1n) is 6.42. The summed E-state index contributed by atoms with van der Waals surface area (Å²) in [5, 5.41) is 1.79. The van der Waals surface area contributed by atoms with Gasteiger partial charge >= 0.3 is 0 Å². The van der Waals surface area contributed by atoms with Crippen LogP contribution in [0.5, 0.6) is 0 Å². The van der Waals surface area contributed by atoms with Crippen LogP contribution < -0.4 is 0 Å². The maximum absolute atomic E-state index is 13.7. The minimum Gasteiger partial charge on any atom is -0.326 e. The third-order valence-corrected chi connectivity index (χ3v) is 4.69. The zero-order valence-corrected chi connectivity index (χ0v) is 14.3. The van der Waals surface area contributed by atoms with Crippen LogP contribution in [0.25, 0.3) is 11.0 Å². The standard InChI is InChI=1S/C14H12BrClFN3S/c1-8(16)14-19-12-5-11(17)10(15)4-13(12)20(14)3-2-9-6-21-7-18-9/h4-8H,2-3H2,1H3. The van der Waals surface area contributed by atoms with Gasteiger partial charge in [-0.05, 0) is 28.9 Å². The lowest BCUT2D eigenvalue weighted by molar-refractivity contribution is 0.622. The van der Waals surface area contributed by atoms with Crippen molar-refractivity contribution in [2.24, 2.45) is 0 Å². The Balaban J connectivity index is 2.04. The summed E-state index contributed by atoms with van der Waals surface area (Å²) in [5.41, 5.74) is 4.35. The Morgan fingerprint density at radius 1 is 1.48 bits per heavy atom. The Hall–Kier alpha value is -0.980. The third kappa shape index (κ3) is 2.98. The van der Waals surface area contributed by atoms with Crippen LogP contribution in [0.1, 0.15) is 23.8 Å². The number of hydrogen-bond acceptors (Lipinski definition) is 3. The van der Waals surface area contributed by atoms with Gasteiger partial charge < -0.3 is 4.57 Å². The number of halogens is 3. The zero-order valence-electron chi connectivity index (χ0n) is 11.2. The van der Waals surface area contributed by atoms with Gasteiger partial charge in [-0.25, -0.2) is 14.4 Å². The van der Waals surface area contributed by atoms with Crippen molar-refractivity contribution < 1.29 is 4.39 Å². The summed E-state index contributed by atoms with van der Waals surface area (Å²) in [6.45, 7) is 2.58. The van der Waals surface area contributed by atoms with Crippen LogP contribution in [-0.4, -0.2) is 14.5 Å². The molecule has 0 aliphatic rings. The summed E-state index contributed by atoms with van der Waals surface area (Å²) in [7, 11) is 0. The molecule has 3 rings (SSSR count). The third-order valence-electron chi connectivity index (χ3n) is 3.25. The molecule has 1 aromatic carbocycles. The van der Waals surface area contributed by atoms with Gasteiger partial charge in [0, 0.05) is 24.4 Å². The molecule has 3 aromatic rings. The zero-order chi connectivity index (χ0) is 15.0. The van der Waals surface area contributed by atoms with E-state index in [1.165, 1.54) is 6.07 Å². The average molecular weight is 389 g/mol. The summed E-state index contributed by atoms with van der Waals surface area (Å²) in [6.07, 6.45) is 0.792. The van der Waals surface area contributed by atoms with Crippen molar-refractivity contribution in [3.63, 3.8) is 0 Å². The van der Waals surface area contributed by atoms with Gasteiger partial charge in [-0.3, -0.25) is 0 Å². The maximum atomic E-state index is 13.7. The van der Waals surface area contributed by atoms with Crippen molar-refractivity contribution in [2.45, 2.75) is 25.3 Å². The molecule has 0 N–H and O–H groups in total. The fourth-order valence-electron chi connectivity index (χ4n) is 2.26. The van der Waals surface area contributed by atoms with E-state index in [9.17, 15) is 4.39 Å². The highest BCUT2D eigenvalue weighted by Crippen LogP contribution is 2.28. The minimum absolute atomic E-state index is 0.241. The number of aryl methyl sites for hydroxylation is 2. The monoisotopic (exact) mass is 387 g/mol. The van der Waals surface area contributed by atoms with E-state index in [1.54, 1.807) is 17.4 Å². The molecule has 21 heavy (non-hydrogen) atoms. The second-order valence-corrected chi connectivity index (χ2v) is 6.95. The first kappa shape index (κ1) is 14.9. The second kappa shape index (κ2) is 6.02. The Kier molecular flexibility index (Phi) is 4.28. The van der Waals surface area contributed by atoms with Crippen LogP contribution >= 0.6 is 38.9 Å².